The Balaban J connectivity index is 2.08. The second-order valence-electron chi connectivity index (χ2n) is 4.18. The third-order valence-corrected chi connectivity index (χ3v) is 2.68. The molecule has 1 aromatic carbocycles. The maximum atomic E-state index is 13.1. The Hall–Kier alpha value is -2.63. The molecule has 6 heteroatoms. The molecule has 1 aromatic heterocycles. The Morgan fingerprint density at radius 3 is 2.70 bits per heavy atom. The Kier molecular flexibility index (Phi) is 4.14. The third-order valence-electron chi connectivity index (χ3n) is 2.68. The quantitative estimate of drug-likeness (QED) is 0.874. The molecular formula is C14H12FNO4. The fraction of sp³-hybridized carbons (Fsp3) is 0.143. The number of halogens is 1. The number of hydrogen-bond donors (Lipinski definition) is 2. The van der Waals surface area contributed by atoms with Crippen molar-refractivity contribution in [3.63, 3.8) is 0 Å². The molecule has 20 heavy (non-hydrogen) atoms. The molecule has 0 aliphatic rings. The number of carboxylic acid groups (broad SMARTS) is 1. The Bertz CT molecular complexity index is 609. The fourth-order valence-corrected chi connectivity index (χ4v) is 1.74. The van der Waals surface area contributed by atoms with E-state index in [2.05, 4.69) is 5.32 Å². The molecule has 0 spiro atoms. The van der Waals surface area contributed by atoms with Crippen LogP contribution in [0.25, 0.3) is 0 Å². The molecule has 1 atom stereocenters. The average Bonchev–Trinajstić information content (AvgIpc) is 2.91. The molecule has 104 valence electrons. The summed E-state index contributed by atoms with van der Waals surface area (Å²) in [5.74, 6) is -2.26. The number of carbonyl (C=O) groups is 2. The minimum absolute atomic E-state index is 0.0143. The zero-order chi connectivity index (χ0) is 14.5. The number of carbonyl (C=O) groups excluding carboxylic acids is 1. The van der Waals surface area contributed by atoms with Crippen molar-refractivity contribution in [2.75, 3.05) is 0 Å². The predicted octanol–water partition coefficient (Wildman–Crippen LogP) is 1.84. The van der Waals surface area contributed by atoms with E-state index in [0.29, 0.717) is 5.56 Å². The van der Waals surface area contributed by atoms with Crippen molar-refractivity contribution < 1.29 is 23.5 Å². The third kappa shape index (κ3) is 3.44. The van der Waals surface area contributed by atoms with Crippen LogP contribution >= 0.6 is 0 Å². The van der Waals surface area contributed by atoms with E-state index in [1.54, 1.807) is 6.07 Å². The summed E-state index contributed by atoms with van der Waals surface area (Å²) in [6, 6.07) is 7.37. The van der Waals surface area contributed by atoms with Gasteiger partial charge in [-0.05, 0) is 29.8 Å². The number of amides is 1. The van der Waals surface area contributed by atoms with Crippen LogP contribution in [0.3, 0.4) is 0 Å². The predicted molar refractivity (Wildman–Crippen MR) is 67.7 cm³/mol. The second kappa shape index (κ2) is 6.01. The van der Waals surface area contributed by atoms with Crippen molar-refractivity contribution in [3.8, 4) is 0 Å². The number of furan rings is 1. The monoisotopic (exact) mass is 277 g/mol. The molecule has 1 unspecified atom stereocenters. The van der Waals surface area contributed by atoms with Crippen molar-refractivity contribution in [1.29, 1.82) is 0 Å². The van der Waals surface area contributed by atoms with E-state index in [1.165, 1.54) is 36.6 Å². The average molecular weight is 277 g/mol. The lowest BCUT2D eigenvalue weighted by Gasteiger charge is -2.13. The van der Waals surface area contributed by atoms with Crippen LogP contribution in [0.15, 0.2) is 47.1 Å². The number of nitrogens with one attached hydrogen (secondary N) is 1. The maximum Gasteiger partial charge on any atom is 0.326 e. The van der Waals surface area contributed by atoms with Crippen LogP contribution in [0, 0.1) is 5.82 Å². The van der Waals surface area contributed by atoms with Crippen molar-refractivity contribution >= 4 is 11.9 Å². The smallest absolute Gasteiger partial charge is 0.326 e. The molecule has 0 radical (unpaired) electrons. The second-order valence-corrected chi connectivity index (χ2v) is 4.18. The highest BCUT2D eigenvalue weighted by Crippen LogP contribution is 2.08. The summed E-state index contributed by atoms with van der Waals surface area (Å²) in [7, 11) is 0. The number of aliphatic carboxylic acids is 1. The van der Waals surface area contributed by atoms with Crippen molar-refractivity contribution in [3.05, 3.63) is 59.8 Å². The Morgan fingerprint density at radius 1 is 1.30 bits per heavy atom. The van der Waals surface area contributed by atoms with Crippen LogP contribution in [-0.4, -0.2) is 23.0 Å². The van der Waals surface area contributed by atoms with Gasteiger partial charge in [0.1, 0.15) is 11.9 Å². The normalized spacial score (nSPS) is 11.8. The summed E-state index contributed by atoms with van der Waals surface area (Å²) in [6.07, 6.45) is 1.30. The van der Waals surface area contributed by atoms with Crippen LogP contribution < -0.4 is 5.32 Å². The molecule has 0 saturated heterocycles. The molecule has 2 N–H and O–H groups in total. The van der Waals surface area contributed by atoms with Crippen LogP contribution in [0.1, 0.15) is 16.1 Å². The largest absolute Gasteiger partial charge is 0.480 e. The van der Waals surface area contributed by atoms with Gasteiger partial charge in [0, 0.05) is 6.42 Å². The van der Waals surface area contributed by atoms with Gasteiger partial charge >= 0.3 is 5.97 Å². The number of rotatable bonds is 5. The van der Waals surface area contributed by atoms with Crippen LogP contribution in [-0.2, 0) is 11.2 Å². The summed E-state index contributed by atoms with van der Waals surface area (Å²) in [5, 5.41) is 11.4. The summed E-state index contributed by atoms with van der Waals surface area (Å²) in [6.45, 7) is 0. The lowest BCUT2D eigenvalue weighted by atomic mass is 10.1. The van der Waals surface area contributed by atoms with Gasteiger partial charge in [-0.25, -0.2) is 9.18 Å². The topological polar surface area (TPSA) is 79.5 Å². The van der Waals surface area contributed by atoms with Gasteiger partial charge in [0.15, 0.2) is 5.76 Å². The van der Waals surface area contributed by atoms with Gasteiger partial charge in [-0.2, -0.15) is 0 Å². The first-order valence-electron chi connectivity index (χ1n) is 5.88. The highest BCUT2D eigenvalue weighted by Gasteiger charge is 2.22. The number of hydrogen-bond acceptors (Lipinski definition) is 3. The van der Waals surface area contributed by atoms with Gasteiger partial charge in [0.25, 0.3) is 5.91 Å². The standard InChI is InChI=1S/C14H12FNO4/c15-10-4-1-3-9(7-10)8-11(14(18)19)16-13(17)12-5-2-6-20-12/h1-7,11H,8H2,(H,16,17)(H,18,19). The van der Waals surface area contributed by atoms with Gasteiger partial charge < -0.3 is 14.8 Å². The van der Waals surface area contributed by atoms with Gasteiger partial charge in [0.2, 0.25) is 0 Å². The van der Waals surface area contributed by atoms with Gasteiger partial charge in [-0.1, -0.05) is 12.1 Å². The summed E-state index contributed by atoms with van der Waals surface area (Å²) < 4.78 is 17.9. The Labute approximate surface area is 114 Å². The molecule has 0 fully saturated rings. The highest BCUT2D eigenvalue weighted by atomic mass is 19.1. The van der Waals surface area contributed by atoms with E-state index in [9.17, 15) is 14.0 Å². The first kappa shape index (κ1) is 13.8. The first-order chi connectivity index (χ1) is 9.56. The molecule has 1 amide bonds. The molecule has 0 bridgehead atoms. The number of benzene rings is 1. The highest BCUT2D eigenvalue weighted by molar-refractivity contribution is 5.94. The lowest BCUT2D eigenvalue weighted by Crippen LogP contribution is -2.42. The van der Waals surface area contributed by atoms with E-state index in [4.69, 9.17) is 9.52 Å². The minimum Gasteiger partial charge on any atom is -0.480 e. The van der Waals surface area contributed by atoms with Crippen molar-refractivity contribution in [2.24, 2.45) is 0 Å². The zero-order valence-electron chi connectivity index (χ0n) is 10.4. The molecule has 5 nitrogen and oxygen atoms in total. The fourth-order valence-electron chi connectivity index (χ4n) is 1.74. The minimum atomic E-state index is -1.20. The van der Waals surface area contributed by atoms with Gasteiger partial charge in [-0.3, -0.25) is 4.79 Å². The van der Waals surface area contributed by atoms with Crippen molar-refractivity contribution in [1.82, 2.24) is 5.32 Å². The van der Waals surface area contributed by atoms with Crippen LogP contribution in [0.2, 0.25) is 0 Å². The van der Waals surface area contributed by atoms with Gasteiger partial charge in [-0.15, -0.1) is 0 Å². The first-order valence-corrected chi connectivity index (χ1v) is 5.88. The molecule has 2 aromatic rings. The maximum absolute atomic E-state index is 13.1. The summed E-state index contributed by atoms with van der Waals surface area (Å²) in [4.78, 5) is 22.9. The van der Waals surface area contributed by atoms with Crippen LogP contribution in [0.5, 0.6) is 0 Å². The molecule has 0 aliphatic carbocycles. The molecule has 1 heterocycles. The summed E-state index contributed by atoms with van der Waals surface area (Å²) >= 11 is 0. The van der Waals surface area contributed by atoms with E-state index in [-0.39, 0.29) is 12.2 Å². The number of carboxylic acids is 1. The molecule has 0 aliphatic heterocycles. The van der Waals surface area contributed by atoms with E-state index in [0.717, 1.165) is 0 Å². The van der Waals surface area contributed by atoms with E-state index < -0.39 is 23.7 Å². The molecular weight excluding hydrogens is 265 g/mol. The van der Waals surface area contributed by atoms with Gasteiger partial charge in [0.05, 0.1) is 6.26 Å². The van der Waals surface area contributed by atoms with Crippen LogP contribution in [0.4, 0.5) is 4.39 Å². The van der Waals surface area contributed by atoms with E-state index in [1.807, 2.05) is 0 Å². The van der Waals surface area contributed by atoms with E-state index >= 15 is 0 Å². The van der Waals surface area contributed by atoms with Crippen molar-refractivity contribution in [2.45, 2.75) is 12.5 Å². The summed E-state index contributed by atoms with van der Waals surface area (Å²) in [5.41, 5.74) is 0.483. The zero-order valence-corrected chi connectivity index (χ0v) is 10.4. The Morgan fingerprint density at radius 2 is 2.10 bits per heavy atom. The molecule has 2 rings (SSSR count). The SMILES string of the molecule is O=C(NC(Cc1cccc(F)c1)C(=O)O)c1ccco1. The molecule has 0 saturated carbocycles. The lowest BCUT2D eigenvalue weighted by molar-refractivity contribution is -0.139.